The highest BCUT2D eigenvalue weighted by molar-refractivity contribution is 5.04. The van der Waals surface area contributed by atoms with Crippen LogP contribution in [0.25, 0.3) is 0 Å². The summed E-state index contributed by atoms with van der Waals surface area (Å²) >= 11 is 0. The molecule has 0 amide bonds. The van der Waals surface area contributed by atoms with E-state index in [0.717, 1.165) is 13.0 Å². The Kier molecular flexibility index (Phi) is 1.22. The highest BCUT2D eigenvalue weighted by Crippen LogP contribution is 2.40. The van der Waals surface area contributed by atoms with Gasteiger partial charge in [-0.3, -0.25) is 0 Å². The molecule has 1 aliphatic carbocycles. The number of halogens is 1. The number of nitrogens with one attached hydrogen (secondary N) is 1. The molecule has 1 N–H and O–H groups in total. The first-order valence-corrected chi connectivity index (χ1v) is 3.77. The van der Waals surface area contributed by atoms with Crippen LogP contribution in [0.15, 0.2) is 0 Å². The maximum atomic E-state index is 12.6. The second-order valence-corrected chi connectivity index (χ2v) is 3.08. The van der Waals surface area contributed by atoms with Crippen LogP contribution in [0.3, 0.4) is 0 Å². The van der Waals surface area contributed by atoms with Crippen molar-refractivity contribution < 1.29 is 4.39 Å². The van der Waals surface area contributed by atoms with Crippen LogP contribution in [0.4, 0.5) is 4.39 Å². The van der Waals surface area contributed by atoms with E-state index in [-0.39, 0.29) is 6.04 Å². The molecule has 2 heteroatoms. The van der Waals surface area contributed by atoms with Gasteiger partial charge in [0.1, 0.15) is 6.17 Å². The van der Waals surface area contributed by atoms with E-state index in [0.29, 0.717) is 5.92 Å². The summed E-state index contributed by atoms with van der Waals surface area (Å²) < 4.78 is 12.6. The summed E-state index contributed by atoms with van der Waals surface area (Å²) in [5, 5.41) is 3.19. The molecule has 1 aliphatic heterocycles. The number of fused-ring (bicyclic) bond motifs is 1. The zero-order chi connectivity index (χ0) is 6.27. The third-order valence-corrected chi connectivity index (χ3v) is 2.42. The van der Waals surface area contributed by atoms with Gasteiger partial charge in [0.25, 0.3) is 0 Å². The number of alkyl halides is 1. The molecule has 1 heterocycles. The fourth-order valence-corrected chi connectivity index (χ4v) is 1.71. The molecular formula is C7H12FN. The fraction of sp³-hybridized carbons (Fsp3) is 1.00. The molecule has 9 heavy (non-hydrogen) atoms. The predicted molar refractivity (Wildman–Crippen MR) is 34.0 cm³/mol. The Morgan fingerprint density at radius 2 is 2.22 bits per heavy atom. The summed E-state index contributed by atoms with van der Waals surface area (Å²) in [5.41, 5.74) is 0. The molecule has 0 aromatic heterocycles. The zero-order valence-corrected chi connectivity index (χ0v) is 5.44. The van der Waals surface area contributed by atoms with Gasteiger partial charge >= 0.3 is 0 Å². The Hall–Kier alpha value is -0.110. The Morgan fingerprint density at radius 1 is 1.33 bits per heavy atom. The maximum Gasteiger partial charge on any atom is 0.120 e. The van der Waals surface area contributed by atoms with Crippen LogP contribution in [0.5, 0.6) is 0 Å². The van der Waals surface area contributed by atoms with E-state index < -0.39 is 6.17 Å². The lowest BCUT2D eigenvalue weighted by atomic mass is 10.2. The van der Waals surface area contributed by atoms with E-state index in [1.807, 2.05) is 0 Å². The third-order valence-electron chi connectivity index (χ3n) is 2.42. The van der Waals surface area contributed by atoms with Gasteiger partial charge in [-0.1, -0.05) is 6.42 Å². The van der Waals surface area contributed by atoms with Crippen LogP contribution < -0.4 is 5.32 Å². The summed E-state index contributed by atoms with van der Waals surface area (Å²) in [6, 6.07) is 0.243. The van der Waals surface area contributed by atoms with Crippen LogP contribution in [0.1, 0.15) is 19.3 Å². The van der Waals surface area contributed by atoms with Gasteiger partial charge in [-0.25, -0.2) is 4.39 Å². The van der Waals surface area contributed by atoms with Crippen LogP contribution in [-0.4, -0.2) is 18.8 Å². The molecule has 1 saturated heterocycles. The summed E-state index contributed by atoms with van der Waals surface area (Å²) in [5.74, 6) is 0.382. The monoisotopic (exact) mass is 129 g/mol. The Labute approximate surface area is 54.6 Å². The molecule has 2 aliphatic rings. The van der Waals surface area contributed by atoms with Crippen LogP contribution in [0, 0.1) is 5.92 Å². The standard InChI is InChI=1S/C7H12FN/c8-6-5-3-1-2-4-9-7(5)6/h5-7,9H,1-4H2. The maximum absolute atomic E-state index is 12.6. The van der Waals surface area contributed by atoms with Gasteiger partial charge in [0.2, 0.25) is 0 Å². The van der Waals surface area contributed by atoms with Crippen molar-refractivity contribution in [2.75, 3.05) is 6.54 Å². The van der Waals surface area contributed by atoms with Gasteiger partial charge < -0.3 is 5.32 Å². The average molecular weight is 129 g/mol. The summed E-state index contributed by atoms with van der Waals surface area (Å²) in [6.07, 6.45) is 3.05. The first-order chi connectivity index (χ1) is 4.39. The van der Waals surface area contributed by atoms with Crippen LogP contribution >= 0.6 is 0 Å². The molecule has 3 atom stereocenters. The average Bonchev–Trinajstić information content (AvgIpc) is 2.51. The largest absolute Gasteiger partial charge is 0.311 e. The lowest BCUT2D eigenvalue weighted by Gasteiger charge is -1.96. The molecule has 0 radical (unpaired) electrons. The number of hydrogen-bond acceptors (Lipinski definition) is 1. The molecule has 1 saturated carbocycles. The first-order valence-electron chi connectivity index (χ1n) is 3.77. The number of hydrogen-bond donors (Lipinski definition) is 1. The van der Waals surface area contributed by atoms with Crippen molar-refractivity contribution >= 4 is 0 Å². The molecule has 0 bridgehead atoms. The summed E-state index contributed by atoms with van der Waals surface area (Å²) in [6.45, 7) is 1.03. The SMILES string of the molecule is FC1C2CCCCNC12. The van der Waals surface area contributed by atoms with E-state index in [4.69, 9.17) is 0 Å². The first kappa shape index (κ1) is 5.66. The Balaban J connectivity index is 1.93. The zero-order valence-electron chi connectivity index (χ0n) is 5.44. The lowest BCUT2D eigenvalue weighted by Crippen LogP contribution is -2.19. The van der Waals surface area contributed by atoms with Gasteiger partial charge in [-0.15, -0.1) is 0 Å². The highest BCUT2D eigenvalue weighted by atomic mass is 19.1. The minimum atomic E-state index is -0.509. The number of rotatable bonds is 0. The molecule has 0 aromatic carbocycles. The van der Waals surface area contributed by atoms with E-state index in [2.05, 4.69) is 5.32 Å². The predicted octanol–water partition coefficient (Wildman–Crippen LogP) is 1.10. The van der Waals surface area contributed by atoms with Crippen LogP contribution in [0.2, 0.25) is 0 Å². The van der Waals surface area contributed by atoms with Crippen molar-refractivity contribution in [1.29, 1.82) is 0 Å². The molecule has 52 valence electrons. The Morgan fingerprint density at radius 3 is 3.11 bits per heavy atom. The van der Waals surface area contributed by atoms with Gasteiger partial charge in [0.05, 0.1) is 0 Å². The molecule has 0 spiro atoms. The van der Waals surface area contributed by atoms with Gasteiger partial charge in [-0.05, 0) is 19.4 Å². The van der Waals surface area contributed by atoms with Gasteiger partial charge in [0.15, 0.2) is 0 Å². The van der Waals surface area contributed by atoms with E-state index in [9.17, 15) is 4.39 Å². The molecule has 0 aromatic rings. The fourth-order valence-electron chi connectivity index (χ4n) is 1.71. The molecular weight excluding hydrogens is 117 g/mol. The van der Waals surface area contributed by atoms with Crippen molar-refractivity contribution in [3.8, 4) is 0 Å². The normalized spacial score (nSPS) is 49.7. The second kappa shape index (κ2) is 1.94. The van der Waals surface area contributed by atoms with Crippen molar-refractivity contribution in [2.24, 2.45) is 5.92 Å². The van der Waals surface area contributed by atoms with Crippen molar-refractivity contribution in [1.82, 2.24) is 5.32 Å². The Bertz CT molecular complexity index is 103. The van der Waals surface area contributed by atoms with Gasteiger partial charge in [0, 0.05) is 12.0 Å². The third kappa shape index (κ3) is 0.855. The minimum Gasteiger partial charge on any atom is -0.311 e. The minimum absolute atomic E-state index is 0.243. The smallest absolute Gasteiger partial charge is 0.120 e. The van der Waals surface area contributed by atoms with E-state index in [1.165, 1.54) is 12.8 Å². The molecule has 1 nitrogen and oxygen atoms in total. The van der Waals surface area contributed by atoms with Gasteiger partial charge in [-0.2, -0.15) is 0 Å². The van der Waals surface area contributed by atoms with Crippen molar-refractivity contribution in [2.45, 2.75) is 31.5 Å². The highest BCUT2D eigenvalue weighted by Gasteiger charge is 2.50. The topological polar surface area (TPSA) is 12.0 Å². The van der Waals surface area contributed by atoms with Crippen molar-refractivity contribution in [3.05, 3.63) is 0 Å². The van der Waals surface area contributed by atoms with E-state index in [1.54, 1.807) is 0 Å². The van der Waals surface area contributed by atoms with E-state index >= 15 is 0 Å². The van der Waals surface area contributed by atoms with Crippen molar-refractivity contribution in [3.63, 3.8) is 0 Å². The molecule has 2 fully saturated rings. The quantitative estimate of drug-likeness (QED) is 0.516. The van der Waals surface area contributed by atoms with Crippen LogP contribution in [-0.2, 0) is 0 Å². The molecule has 3 unspecified atom stereocenters. The second-order valence-electron chi connectivity index (χ2n) is 3.08. The summed E-state index contributed by atoms with van der Waals surface area (Å²) in [4.78, 5) is 0. The molecule has 2 rings (SSSR count). The lowest BCUT2D eigenvalue weighted by molar-refractivity contribution is 0.412. The summed E-state index contributed by atoms with van der Waals surface area (Å²) in [7, 11) is 0.